The van der Waals surface area contributed by atoms with E-state index < -0.39 is 0 Å². The van der Waals surface area contributed by atoms with Crippen molar-refractivity contribution in [2.45, 2.75) is 6.54 Å². The molecule has 1 amide bonds. The Labute approximate surface area is 150 Å². The molecule has 128 valence electrons. The van der Waals surface area contributed by atoms with Crippen LogP contribution in [0.4, 0.5) is 0 Å². The summed E-state index contributed by atoms with van der Waals surface area (Å²) in [6.45, 7) is 0.440. The second-order valence-corrected chi connectivity index (χ2v) is 5.75. The van der Waals surface area contributed by atoms with Crippen molar-refractivity contribution in [1.82, 2.24) is 10.3 Å². The Kier molecular flexibility index (Phi) is 4.35. The third-order valence-electron chi connectivity index (χ3n) is 3.90. The molecule has 2 heterocycles. The molecular formula is C21H16N2O3. The van der Waals surface area contributed by atoms with Gasteiger partial charge < -0.3 is 14.2 Å². The summed E-state index contributed by atoms with van der Waals surface area (Å²) in [7, 11) is 0. The van der Waals surface area contributed by atoms with E-state index >= 15 is 0 Å². The SMILES string of the molecule is O=C(/C=C/c1ccco1)NCc1ccc(-c2nc3ccccc3o2)cc1. The maximum atomic E-state index is 11.8. The number of fused-ring (bicyclic) bond motifs is 1. The first-order valence-corrected chi connectivity index (χ1v) is 8.22. The van der Waals surface area contributed by atoms with E-state index in [1.165, 1.54) is 6.08 Å². The number of nitrogens with one attached hydrogen (secondary N) is 1. The van der Waals surface area contributed by atoms with Gasteiger partial charge in [-0.2, -0.15) is 0 Å². The molecule has 0 saturated carbocycles. The molecule has 4 aromatic rings. The number of rotatable bonds is 5. The molecule has 0 aliphatic carbocycles. The number of carbonyl (C=O) groups excluding carboxylic acids is 1. The van der Waals surface area contributed by atoms with E-state index in [0.29, 0.717) is 18.2 Å². The van der Waals surface area contributed by atoms with E-state index in [9.17, 15) is 4.79 Å². The fourth-order valence-electron chi connectivity index (χ4n) is 2.55. The second-order valence-electron chi connectivity index (χ2n) is 5.75. The van der Waals surface area contributed by atoms with Crippen LogP contribution in [0.2, 0.25) is 0 Å². The van der Waals surface area contributed by atoms with Crippen molar-refractivity contribution in [3.05, 3.63) is 84.3 Å². The van der Waals surface area contributed by atoms with Crippen LogP contribution in [0.15, 0.2) is 81.8 Å². The van der Waals surface area contributed by atoms with Crippen molar-refractivity contribution in [3.63, 3.8) is 0 Å². The lowest BCUT2D eigenvalue weighted by Crippen LogP contribution is -2.20. The topological polar surface area (TPSA) is 68.3 Å². The van der Waals surface area contributed by atoms with Crippen molar-refractivity contribution in [2.75, 3.05) is 0 Å². The largest absolute Gasteiger partial charge is 0.465 e. The zero-order valence-corrected chi connectivity index (χ0v) is 13.9. The number of furan rings is 1. The van der Waals surface area contributed by atoms with E-state index in [1.54, 1.807) is 24.5 Å². The minimum atomic E-state index is -0.176. The highest BCUT2D eigenvalue weighted by Crippen LogP contribution is 2.24. The lowest BCUT2D eigenvalue weighted by Gasteiger charge is -2.03. The molecule has 0 radical (unpaired) electrons. The highest BCUT2D eigenvalue weighted by atomic mass is 16.3. The Bertz CT molecular complexity index is 1010. The number of hydrogen-bond acceptors (Lipinski definition) is 4. The van der Waals surface area contributed by atoms with E-state index in [4.69, 9.17) is 8.83 Å². The highest BCUT2D eigenvalue weighted by molar-refractivity contribution is 5.91. The number of hydrogen-bond donors (Lipinski definition) is 1. The number of aromatic nitrogens is 1. The fraction of sp³-hybridized carbons (Fsp3) is 0.0476. The first-order valence-electron chi connectivity index (χ1n) is 8.22. The average Bonchev–Trinajstić information content (AvgIpc) is 3.34. The molecule has 2 aromatic carbocycles. The van der Waals surface area contributed by atoms with Gasteiger partial charge >= 0.3 is 0 Å². The van der Waals surface area contributed by atoms with Crippen LogP contribution in [0.25, 0.3) is 28.6 Å². The van der Waals surface area contributed by atoms with Gasteiger partial charge in [-0.05, 0) is 48.0 Å². The van der Waals surface area contributed by atoms with Gasteiger partial charge in [-0.1, -0.05) is 24.3 Å². The number of nitrogens with zero attached hydrogens (tertiary/aromatic N) is 1. The molecule has 1 N–H and O–H groups in total. The number of oxazole rings is 1. The van der Waals surface area contributed by atoms with E-state index in [1.807, 2.05) is 48.5 Å². The van der Waals surface area contributed by atoms with Crippen LogP contribution in [-0.4, -0.2) is 10.9 Å². The number of benzene rings is 2. The van der Waals surface area contributed by atoms with Gasteiger partial charge in [0.15, 0.2) is 5.58 Å². The Balaban J connectivity index is 1.39. The summed E-state index contributed by atoms with van der Waals surface area (Å²) < 4.78 is 10.9. The lowest BCUT2D eigenvalue weighted by molar-refractivity contribution is -0.116. The Morgan fingerprint density at radius 1 is 1.04 bits per heavy atom. The Hall–Kier alpha value is -3.60. The van der Waals surface area contributed by atoms with Crippen LogP contribution in [0.1, 0.15) is 11.3 Å². The summed E-state index contributed by atoms with van der Waals surface area (Å²) in [5.74, 6) is 1.05. The smallest absolute Gasteiger partial charge is 0.244 e. The molecule has 0 unspecified atom stereocenters. The maximum Gasteiger partial charge on any atom is 0.244 e. The normalized spacial score (nSPS) is 11.2. The van der Waals surface area contributed by atoms with Crippen molar-refractivity contribution in [2.24, 2.45) is 0 Å². The first kappa shape index (κ1) is 15.9. The standard InChI is InChI=1S/C21H16N2O3/c24-20(12-11-17-4-3-13-25-17)22-14-15-7-9-16(10-8-15)21-23-18-5-1-2-6-19(18)26-21/h1-13H,14H2,(H,22,24)/b12-11+. The van der Waals surface area contributed by atoms with E-state index in [-0.39, 0.29) is 5.91 Å². The quantitative estimate of drug-likeness (QED) is 0.544. The van der Waals surface area contributed by atoms with E-state index in [0.717, 1.165) is 22.2 Å². The molecule has 0 spiro atoms. The number of para-hydroxylation sites is 2. The molecule has 5 nitrogen and oxygen atoms in total. The van der Waals surface area contributed by atoms with E-state index in [2.05, 4.69) is 10.3 Å². The van der Waals surface area contributed by atoms with Crippen LogP contribution in [0, 0.1) is 0 Å². The summed E-state index contributed by atoms with van der Waals surface area (Å²) in [6, 6.07) is 19.0. The Morgan fingerprint density at radius 3 is 2.65 bits per heavy atom. The molecule has 5 heteroatoms. The van der Waals surface area contributed by atoms with Crippen molar-refractivity contribution < 1.29 is 13.6 Å². The lowest BCUT2D eigenvalue weighted by atomic mass is 10.1. The fourth-order valence-corrected chi connectivity index (χ4v) is 2.55. The zero-order chi connectivity index (χ0) is 17.8. The summed E-state index contributed by atoms with van der Waals surface area (Å²) >= 11 is 0. The summed E-state index contributed by atoms with van der Waals surface area (Å²) in [5.41, 5.74) is 3.49. The molecule has 0 bridgehead atoms. The van der Waals surface area contributed by atoms with Crippen molar-refractivity contribution in [1.29, 1.82) is 0 Å². The summed E-state index contributed by atoms with van der Waals surface area (Å²) in [5, 5.41) is 2.84. The predicted molar refractivity (Wildman–Crippen MR) is 99.0 cm³/mol. The van der Waals surface area contributed by atoms with Gasteiger partial charge in [0, 0.05) is 18.2 Å². The van der Waals surface area contributed by atoms with Crippen LogP contribution in [0.3, 0.4) is 0 Å². The van der Waals surface area contributed by atoms with Crippen LogP contribution >= 0.6 is 0 Å². The van der Waals surface area contributed by atoms with Crippen molar-refractivity contribution in [3.8, 4) is 11.5 Å². The highest BCUT2D eigenvalue weighted by Gasteiger charge is 2.07. The molecule has 0 atom stereocenters. The van der Waals surface area contributed by atoms with Gasteiger partial charge in [0.1, 0.15) is 11.3 Å². The van der Waals surface area contributed by atoms with Gasteiger partial charge in [-0.3, -0.25) is 4.79 Å². The molecule has 4 rings (SSSR count). The van der Waals surface area contributed by atoms with Gasteiger partial charge in [0.05, 0.1) is 6.26 Å². The molecule has 26 heavy (non-hydrogen) atoms. The molecular weight excluding hydrogens is 328 g/mol. The van der Waals surface area contributed by atoms with Gasteiger partial charge in [0.25, 0.3) is 0 Å². The van der Waals surface area contributed by atoms with Gasteiger partial charge in [0.2, 0.25) is 11.8 Å². The third-order valence-corrected chi connectivity index (χ3v) is 3.90. The second kappa shape index (κ2) is 7.11. The Morgan fingerprint density at radius 2 is 1.88 bits per heavy atom. The molecule has 0 fully saturated rings. The number of amides is 1. The molecule has 2 aromatic heterocycles. The minimum Gasteiger partial charge on any atom is -0.465 e. The van der Waals surface area contributed by atoms with Crippen LogP contribution in [-0.2, 0) is 11.3 Å². The minimum absolute atomic E-state index is 0.176. The number of carbonyl (C=O) groups is 1. The molecule has 0 aliphatic heterocycles. The third kappa shape index (κ3) is 3.57. The van der Waals surface area contributed by atoms with Crippen LogP contribution < -0.4 is 5.32 Å². The average molecular weight is 344 g/mol. The zero-order valence-electron chi connectivity index (χ0n) is 13.9. The first-order chi connectivity index (χ1) is 12.8. The van der Waals surface area contributed by atoms with Gasteiger partial charge in [-0.25, -0.2) is 4.98 Å². The van der Waals surface area contributed by atoms with Gasteiger partial charge in [-0.15, -0.1) is 0 Å². The molecule has 0 saturated heterocycles. The summed E-state index contributed by atoms with van der Waals surface area (Å²) in [6.07, 6.45) is 4.65. The van der Waals surface area contributed by atoms with Crippen molar-refractivity contribution >= 4 is 23.1 Å². The maximum absolute atomic E-state index is 11.8. The predicted octanol–water partition coefficient (Wildman–Crippen LogP) is 4.42. The molecule has 0 aliphatic rings. The van der Waals surface area contributed by atoms with Crippen LogP contribution in [0.5, 0.6) is 0 Å². The summed E-state index contributed by atoms with van der Waals surface area (Å²) in [4.78, 5) is 16.3. The monoisotopic (exact) mass is 344 g/mol.